The van der Waals surface area contributed by atoms with E-state index in [9.17, 15) is 0 Å². The lowest BCUT2D eigenvalue weighted by atomic mass is 10.0. The normalized spacial score (nSPS) is 10.6. The van der Waals surface area contributed by atoms with E-state index in [1.165, 1.54) is 0 Å². The highest BCUT2D eigenvalue weighted by Gasteiger charge is 2.13. The van der Waals surface area contributed by atoms with Crippen molar-refractivity contribution in [2.24, 2.45) is 0 Å². The molecule has 0 unspecified atom stereocenters. The molecule has 0 radical (unpaired) electrons. The predicted octanol–water partition coefficient (Wildman–Crippen LogP) is 3.25. The van der Waals surface area contributed by atoms with Gasteiger partial charge in [-0.05, 0) is 35.0 Å². The minimum atomic E-state index is 0.155. The van der Waals surface area contributed by atoms with Crippen LogP contribution in [0.3, 0.4) is 0 Å². The van der Waals surface area contributed by atoms with Crippen molar-refractivity contribution in [3.8, 4) is 22.5 Å². The van der Waals surface area contributed by atoms with Crippen LogP contribution in [0.15, 0.2) is 47.1 Å². The number of rotatable bonds is 2. The topological polar surface area (TPSA) is 77.6 Å². The molecule has 0 atom stereocenters. The number of pyridine rings is 1. The van der Waals surface area contributed by atoms with Gasteiger partial charge in [-0.1, -0.05) is 30.3 Å². The van der Waals surface area contributed by atoms with Gasteiger partial charge in [-0.3, -0.25) is 0 Å². The third-order valence-electron chi connectivity index (χ3n) is 2.95. The summed E-state index contributed by atoms with van der Waals surface area (Å²) in [4.78, 5) is 8.65. The van der Waals surface area contributed by atoms with Crippen LogP contribution in [0.4, 0.5) is 5.95 Å². The highest BCUT2D eigenvalue weighted by atomic mass is 79.9. The summed E-state index contributed by atoms with van der Waals surface area (Å²) in [5.74, 6) is 0.155. The predicted molar refractivity (Wildman–Crippen MR) is 85.3 cm³/mol. The summed E-state index contributed by atoms with van der Waals surface area (Å²) < 4.78 is 0.745. The Bertz CT molecular complexity index is 769. The smallest absolute Gasteiger partial charge is 0.240 e. The van der Waals surface area contributed by atoms with E-state index in [1.54, 1.807) is 0 Å². The second-order valence-corrected chi connectivity index (χ2v) is 5.37. The maximum Gasteiger partial charge on any atom is 0.240 e. The van der Waals surface area contributed by atoms with Gasteiger partial charge < -0.3 is 5.73 Å². The standard InChI is InChI=1S/C15H12BrN5/c1-9-7-11(8-12(16)18-9)14-13(19-15(17)21-20-14)10-5-3-2-4-6-10/h2-8H,1H3,(H2,17,19,21). The molecule has 0 saturated carbocycles. The number of nitrogen functional groups attached to an aromatic ring is 1. The number of aromatic nitrogens is 4. The van der Waals surface area contributed by atoms with Crippen LogP contribution in [0.25, 0.3) is 22.5 Å². The molecule has 104 valence electrons. The number of halogens is 1. The number of anilines is 1. The van der Waals surface area contributed by atoms with Gasteiger partial charge in [0.1, 0.15) is 16.0 Å². The minimum absolute atomic E-state index is 0.155. The molecule has 0 saturated heterocycles. The monoisotopic (exact) mass is 341 g/mol. The van der Waals surface area contributed by atoms with Crippen molar-refractivity contribution in [2.45, 2.75) is 6.92 Å². The van der Waals surface area contributed by atoms with E-state index in [2.05, 4.69) is 36.1 Å². The van der Waals surface area contributed by atoms with Crippen molar-refractivity contribution >= 4 is 21.9 Å². The summed E-state index contributed by atoms with van der Waals surface area (Å²) >= 11 is 3.40. The first kappa shape index (κ1) is 13.6. The molecule has 1 aromatic carbocycles. The zero-order valence-corrected chi connectivity index (χ0v) is 12.9. The molecule has 0 aliphatic rings. The molecule has 0 spiro atoms. The number of benzene rings is 1. The van der Waals surface area contributed by atoms with E-state index in [0.717, 1.165) is 21.4 Å². The van der Waals surface area contributed by atoms with Gasteiger partial charge in [-0.25, -0.2) is 9.97 Å². The van der Waals surface area contributed by atoms with Gasteiger partial charge in [0.15, 0.2) is 0 Å². The quantitative estimate of drug-likeness (QED) is 0.724. The summed E-state index contributed by atoms with van der Waals surface area (Å²) in [7, 11) is 0. The first-order valence-corrected chi connectivity index (χ1v) is 7.13. The van der Waals surface area contributed by atoms with Crippen LogP contribution < -0.4 is 5.73 Å². The highest BCUT2D eigenvalue weighted by Crippen LogP contribution is 2.30. The fourth-order valence-electron chi connectivity index (χ4n) is 2.09. The Hall–Kier alpha value is -2.34. The van der Waals surface area contributed by atoms with Crippen LogP contribution in [-0.4, -0.2) is 20.2 Å². The third-order valence-corrected chi connectivity index (χ3v) is 3.35. The molecule has 2 N–H and O–H groups in total. The van der Waals surface area contributed by atoms with Crippen molar-refractivity contribution < 1.29 is 0 Å². The van der Waals surface area contributed by atoms with Crippen LogP contribution in [0.5, 0.6) is 0 Å². The maximum atomic E-state index is 5.70. The van der Waals surface area contributed by atoms with Gasteiger partial charge in [0.05, 0.1) is 0 Å². The molecule has 5 nitrogen and oxygen atoms in total. The molecule has 0 aliphatic carbocycles. The molecule has 21 heavy (non-hydrogen) atoms. The second kappa shape index (κ2) is 5.57. The van der Waals surface area contributed by atoms with Gasteiger partial charge in [0, 0.05) is 16.8 Å². The lowest BCUT2D eigenvalue weighted by Crippen LogP contribution is -2.02. The van der Waals surface area contributed by atoms with Crippen molar-refractivity contribution in [3.05, 3.63) is 52.8 Å². The molecular weight excluding hydrogens is 330 g/mol. The van der Waals surface area contributed by atoms with E-state index < -0.39 is 0 Å². The van der Waals surface area contributed by atoms with Crippen molar-refractivity contribution in [1.82, 2.24) is 20.2 Å². The van der Waals surface area contributed by atoms with Crippen LogP contribution >= 0.6 is 15.9 Å². The largest absolute Gasteiger partial charge is 0.366 e. The summed E-state index contributed by atoms with van der Waals surface area (Å²) in [6, 6.07) is 13.6. The van der Waals surface area contributed by atoms with E-state index >= 15 is 0 Å². The summed E-state index contributed by atoms with van der Waals surface area (Å²) in [6.45, 7) is 1.93. The Kier molecular flexibility index (Phi) is 3.62. The second-order valence-electron chi connectivity index (χ2n) is 4.55. The van der Waals surface area contributed by atoms with Crippen LogP contribution in [0.2, 0.25) is 0 Å². The molecule has 0 fully saturated rings. The Morgan fingerprint density at radius 1 is 0.905 bits per heavy atom. The maximum absolute atomic E-state index is 5.70. The van der Waals surface area contributed by atoms with Gasteiger partial charge in [0.2, 0.25) is 5.95 Å². The summed E-state index contributed by atoms with van der Waals surface area (Å²) in [6.07, 6.45) is 0. The molecule has 6 heteroatoms. The molecule has 0 aliphatic heterocycles. The van der Waals surface area contributed by atoms with Gasteiger partial charge >= 0.3 is 0 Å². The Morgan fingerprint density at radius 3 is 2.38 bits per heavy atom. The van der Waals surface area contributed by atoms with Crippen molar-refractivity contribution in [3.63, 3.8) is 0 Å². The molecule has 2 aromatic heterocycles. The lowest BCUT2D eigenvalue weighted by Gasteiger charge is -2.09. The summed E-state index contributed by atoms with van der Waals surface area (Å²) in [5, 5.41) is 8.10. The molecule has 0 bridgehead atoms. The van der Waals surface area contributed by atoms with Crippen molar-refractivity contribution in [2.75, 3.05) is 5.73 Å². The molecule has 3 rings (SSSR count). The van der Waals surface area contributed by atoms with E-state index in [-0.39, 0.29) is 5.95 Å². The van der Waals surface area contributed by atoms with Crippen molar-refractivity contribution in [1.29, 1.82) is 0 Å². The van der Waals surface area contributed by atoms with Gasteiger partial charge in [0.25, 0.3) is 0 Å². The van der Waals surface area contributed by atoms with E-state index in [0.29, 0.717) is 11.4 Å². The molecule has 0 amide bonds. The number of aryl methyl sites for hydroxylation is 1. The summed E-state index contributed by atoms with van der Waals surface area (Å²) in [5.41, 5.74) is 9.81. The Balaban J connectivity index is 2.23. The Labute approximate surface area is 130 Å². The van der Waals surface area contributed by atoms with Gasteiger partial charge in [-0.2, -0.15) is 0 Å². The fourth-order valence-corrected chi connectivity index (χ4v) is 2.62. The molecule has 3 aromatic rings. The minimum Gasteiger partial charge on any atom is -0.366 e. The van der Waals surface area contributed by atoms with E-state index in [1.807, 2.05) is 49.4 Å². The molecule has 2 heterocycles. The number of hydrogen-bond acceptors (Lipinski definition) is 5. The SMILES string of the molecule is Cc1cc(-c2nnc(N)nc2-c2ccccc2)cc(Br)n1. The molecular formula is C15H12BrN5. The first-order chi connectivity index (χ1) is 10.1. The average Bonchev–Trinajstić information content (AvgIpc) is 2.47. The van der Waals surface area contributed by atoms with Crippen LogP contribution in [0.1, 0.15) is 5.69 Å². The zero-order valence-electron chi connectivity index (χ0n) is 11.3. The third kappa shape index (κ3) is 2.90. The average molecular weight is 342 g/mol. The van der Waals surface area contributed by atoms with Gasteiger partial charge in [-0.15, -0.1) is 10.2 Å². The number of nitrogens with two attached hydrogens (primary N) is 1. The van der Waals surface area contributed by atoms with Crippen LogP contribution in [0, 0.1) is 6.92 Å². The number of nitrogens with zero attached hydrogens (tertiary/aromatic N) is 4. The first-order valence-electron chi connectivity index (χ1n) is 6.33. The highest BCUT2D eigenvalue weighted by molar-refractivity contribution is 9.10. The lowest BCUT2D eigenvalue weighted by molar-refractivity contribution is 0.995. The Morgan fingerprint density at radius 2 is 1.67 bits per heavy atom. The number of hydrogen-bond donors (Lipinski definition) is 1. The zero-order chi connectivity index (χ0) is 14.8. The van der Waals surface area contributed by atoms with Crippen LogP contribution in [-0.2, 0) is 0 Å². The fraction of sp³-hybridized carbons (Fsp3) is 0.0667. The van der Waals surface area contributed by atoms with E-state index in [4.69, 9.17) is 5.73 Å².